The molecule has 2 atom stereocenters. The van der Waals surface area contributed by atoms with Crippen LogP contribution in [0.2, 0.25) is 0 Å². The van der Waals surface area contributed by atoms with Gasteiger partial charge in [0.05, 0.1) is 17.8 Å². The van der Waals surface area contributed by atoms with Crippen LogP contribution >= 0.6 is 0 Å². The Morgan fingerprint density at radius 2 is 2.07 bits per heavy atom. The minimum Gasteiger partial charge on any atom is -0.632 e. The molecule has 3 heterocycles. The van der Waals surface area contributed by atoms with Gasteiger partial charge in [-0.3, -0.25) is 0 Å². The Bertz CT molecular complexity index is 935. The molecule has 0 spiro atoms. The molecule has 0 amide bonds. The van der Waals surface area contributed by atoms with E-state index >= 15 is 0 Å². The number of quaternary nitrogens is 1. The van der Waals surface area contributed by atoms with E-state index in [0.29, 0.717) is 25.9 Å². The first kappa shape index (κ1) is 18.3. The van der Waals surface area contributed by atoms with Crippen molar-refractivity contribution >= 4 is 17.0 Å². The fraction of sp³-hybridized carbons (Fsp3) is 0.500. The zero-order valence-corrected chi connectivity index (χ0v) is 16.6. The van der Waals surface area contributed by atoms with Crippen LogP contribution in [0.1, 0.15) is 57.8 Å². The summed E-state index contributed by atoms with van der Waals surface area (Å²) in [6, 6.07) is 7.68. The number of hydrogen-bond donors (Lipinski definition) is 0. The standard InChI is InChI=1S/C22H28N2O3/c1-5-15-10-11-19-20-17(12-13-24(19,26)14-15)16-8-6-7-9-18(16)23(20)21(25)27-22(2,3)4/h6-10,19H,5,11-14H2,1-4H3/t19-,24-/m0/s1. The minimum absolute atomic E-state index is 0.246. The Labute approximate surface area is 160 Å². The summed E-state index contributed by atoms with van der Waals surface area (Å²) < 4.78 is 7.13. The van der Waals surface area contributed by atoms with Gasteiger partial charge in [0.1, 0.15) is 18.2 Å². The van der Waals surface area contributed by atoms with Crippen LogP contribution in [0.15, 0.2) is 35.9 Å². The zero-order valence-electron chi connectivity index (χ0n) is 16.6. The lowest BCUT2D eigenvalue weighted by Gasteiger charge is -2.53. The number of carbonyl (C=O) groups excluding carboxylic acids is 1. The molecule has 1 aromatic heterocycles. The molecule has 2 aliphatic rings. The van der Waals surface area contributed by atoms with E-state index in [4.69, 9.17) is 4.74 Å². The highest BCUT2D eigenvalue weighted by Crippen LogP contribution is 2.45. The van der Waals surface area contributed by atoms with Gasteiger partial charge in [-0.15, -0.1) is 0 Å². The number of nitrogens with zero attached hydrogens (tertiary/aromatic N) is 2. The molecule has 5 nitrogen and oxygen atoms in total. The van der Waals surface area contributed by atoms with Gasteiger partial charge in [-0.05, 0) is 44.4 Å². The molecular formula is C22H28N2O3. The summed E-state index contributed by atoms with van der Waals surface area (Å²) in [7, 11) is 0. The maximum Gasteiger partial charge on any atom is 0.419 e. The number of aromatic nitrogens is 1. The highest BCUT2D eigenvalue weighted by molar-refractivity contribution is 5.94. The number of para-hydroxylation sites is 1. The zero-order chi connectivity index (χ0) is 19.4. The van der Waals surface area contributed by atoms with E-state index in [9.17, 15) is 10.0 Å². The fourth-order valence-electron chi connectivity index (χ4n) is 4.56. The van der Waals surface area contributed by atoms with Crippen molar-refractivity contribution in [1.82, 2.24) is 4.57 Å². The quantitative estimate of drug-likeness (QED) is 0.401. The number of hydrogen-bond acceptors (Lipinski definition) is 3. The van der Waals surface area contributed by atoms with Crippen LogP contribution in [0.4, 0.5) is 4.79 Å². The molecule has 2 aliphatic heterocycles. The van der Waals surface area contributed by atoms with Crippen molar-refractivity contribution in [2.75, 3.05) is 13.1 Å². The SMILES string of the molecule is CCC1=CC[C@H]2c3c(c4ccccc4n3C(=O)OC(C)(C)C)CC[N@+]2([O-])C1. The number of carbonyl (C=O) groups is 1. The summed E-state index contributed by atoms with van der Waals surface area (Å²) in [5.74, 6) is 0. The van der Waals surface area contributed by atoms with Gasteiger partial charge in [0.2, 0.25) is 0 Å². The van der Waals surface area contributed by atoms with Crippen molar-refractivity contribution in [2.45, 2.75) is 58.6 Å². The van der Waals surface area contributed by atoms with Gasteiger partial charge in [-0.1, -0.05) is 31.2 Å². The van der Waals surface area contributed by atoms with Crippen LogP contribution < -0.4 is 0 Å². The van der Waals surface area contributed by atoms with Gasteiger partial charge in [-0.25, -0.2) is 9.36 Å². The third-order valence-electron chi connectivity index (χ3n) is 5.77. The van der Waals surface area contributed by atoms with Crippen molar-refractivity contribution in [3.05, 3.63) is 52.4 Å². The van der Waals surface area contributed by atoms with E-state index in [-0.39, 0.29) is 10.7 Å². The van der Waals surface area contributed by atoms with E-state index in [1.807, 2.05) is 39.0 Å². The third-order valence-corrected chi connectivity index (χ3v) is 5.77. The molecule has 144 valence electrons. The first-order chi connectivity index (χ1) is 12.7. The molecule has 0 N–H and O–H groups in total. The number of benzene rings is 1. The molecule has 4 rings (SSSR count). The molecule has 27 heavy (non-hydrogen) atoms. The van der Waals surface area contributed by atoms with Crippen molar-refractivity contribution < 1.29 is 14.2 Å². The first-order valence-corrected chi connectivity index (χ1v) is 9.85. The predicted molar refractivity (Wildman–Crippen MR) is 106 cm³/mol. The van der Waals surface area contributed by atoms with Crippen LogP contribution in [0.5, 0.6) is 0 Å². The average Bonchev–Trinajstić information content (AvgIpc) is 2.93. The second-order valence-corrected chi connectivity index (χ2v) is 8.75. The normalized spacial score (nSPS) is 24.9. The lowest BCUT2D eigenvalue weighted by atomic mass is 9.90. The number of rotatable bonds is 1. The summed E-state index contributed by atoms with van der Waals surface area (Å²) in [5.41, 5.74) is 3.48. The molecule has 0 unspecified atom stereocenters. The molecule has 0 bridgehead atoms. The largest absolute Gasteiger partial charge is 0.632 e. The highest BCUT2D eigenvalue weighted by atomic mass is 16.6. The van der Waals surface area contributed by atoms with Gasteiger partial charge in [0.15, 0.2) is 0 Å². The van der Waals surface area contributed by atoms with E-state index in [1.54, 1.807) is 4.57 Å². The van der Waals surface area contributed by atoms with Crippen LogP contribution in [0, 0.1) is 5.21 Å². The Morgan fingerprint density at radius 3 is 2.78 bits per heavy atom. The van der Waals surface area contributed by atoms with Gasteiger partial charge < -0.3 is 14.6 Å². The van der Waals surface area contributed by atoms with Crippen molar-refractivity contribution in [3.63, 3.8) is 0 Å². The van der Waals surface area contributed by atoms with Crippen molar-refractivity contribution in [1.29, 1.82) is 0 Å². The number of hydroxylamine groups is 3. The summed E-state index contributed by atoms with van der Waals surface area (Å²) in [6.07, 6.45) is 4.10. The lowest BCUT2D eigenvalue weighted by Crippen LogP contribution is -2.53. The molecule has 1 aromatic carbocycles. The average molecular weight is 368 g/mol. The van der Waals surface area contributed by atoms with E-state index in [2.05, 4.69) is 19.1 Å². The van der Waals surface area contributed by atoms with Crippen molar-refractivity contribution in [2.24, 2.45) is 0 Å². The van der Waals surface area contributed by atoms with Crippen LogP contribution in [-0.4, -0.2) is 34.0 Å². The molecule has 0 saturated heterocycles. The maximum absolute atomic E-state index is 13.7. The predicted octanol–water partition coefficient (Wildman–Crippen LogP) is 5.08. The molecule has 2 aromatic rings. The summed E-state index contributed by atoms with van der Waals surface area (Å²) >= 11 is 0. The van der Waals surface area contributed by atoms with Crippen LogP contribution in [-0.2, 0) is 11.2 Å². The third kappa shape index (κ3) is 2.99. The van der Waals surface area contributed by atoms with Gasteiger partial charge in [0, 0.05) is 18.2 Å². The van der Waals surface area contributed by atoms with Gasteiger partial charge in [0.25, 0.3) is 0 Å². The lowest BCUT2D eigenvalue weighted by molar-refractivity contribution is -0.911. The molecule has 0 radical (unpaired) electrons. The van der Waals surface area contributed by atoms with Crippen LogP contribution in [0.3, 0.4) is 0 Å². The minimum atomic E-state index is -0.588. The van der Waals surface area contributed by atoms with Crippen molar-refractivity contribution in [3.8, 4) is 0 Å². The topological polar surface area (TPSA) is 54.3 Å². The molecule has 0 aliphatic carbocycles. The summed E-state index contributed by atoms with van der Waals surface area (Å²) in [6.45, 7) is 8.80. The monoisotopic (exact) mass is 368 g/mol. The number of fused-ring (bicyclic) bond motifs is 5. The smallest absolute Gasteiger partial charge is 0.419 e. The first-order valence-electron chi connectivity index (χ1n) is 9.85. The fourth-order valence-corrected chi connectivity index (χ4v) is 4.56. The Morgan fingerprint density at radius 1 is 1.33 bits per heavy atom. The van der Waals surface area contributed by atoms with E-state index in [0.717, 1.165) is 28.6 Å². The Hall–Kier alpha value is -2.11. The highest BCUT2D eigenvalue weighted by Gasteiger charge is 2.43. The van der Waals surface area contributed by atoms with E-state index in [1.165, 1.54) is 5.57 Å². The summed E-state index contributed by atoms with van der Waals surface area (Å²) in [4.78, 5) is 13.1. The Balaban J connectivity index is 1.91. The molecular weight excluding hydrogens is 340 g/mol. The van der Waals surface area contributed by atoms with E-state index < -0.39 is 11.7 Å². The van der Waals surface area contributed by atoms with Crippen LogP contribution in [0.25, 0.3) is 10.9 Å². The molecule has 5 heteroatoms. The maximum atomic E-state index is 13.7. The molecule has 0 saturated carbocycles. The second kappa shape index (κ2) is 6.21. The number of ether oxygens (including phenoxy) is 1. The Kier molecular flexibility index (Phi) is 4.20. The second-order valence-electron chi connectivity index (χ2n) is 8.75. The van der Waals surface area contributed by atoms with Gasteiger partial charge in [-0.2, -0.15) is 0 Å². The summed E-state index contributed by atoms with van der Waals surface area (Å²) in [5, 5.41) is 14.8. The molecule has 0 fully saturated rings. The van der Waals surface area contributed by atoms with Gasteiger partial charge >= 0.3 is 6.09 Å².